The van der Waals surface area contributed by atoms with Gasteiger partial charge in [0.25, 0.3) is 0 Å². The third-order valence-electron chi connectivity index (χ3n) is 2.94. The second-order valence-electron chi connectivity index (χ2n) is 4.59. The maximum Gasteiger partial charge on any atom is 0.221 e. The van der Waals surface area contributed by atoms with Crippen molar-refractivity contribution in [3.63, 3.8) is 0 Å². The Morgan fingerprint density at radius 3 is 2.53 bits per heavy atom. The molecular formula is C13H20N2O3S. The number of hydrogen-bond donors (Lipinski definition) is 1. The maximum atomic E-state index is 12.3. The van der Waals surface area contributed by atoms with E-state index < -0.39 is 14.8 Å². The van der Waals surface area contributed by atoms with Gasteiger partial charge in [-0.1, -0.05) is 30.3 Å². The molecule has 0 saturated heterocycles. The molecule has 0 aromatic heterocycles. The van der Waals surface area contributed by atoms with Crippen LogP contribution in [0, 0.1) is 0 Å². The highest BCUT2D eigenvalue weighted by molar-refractivity contribution is 7.90. The Morgan fingerprint density at radius 2 is 1.95 bits per heavy atom. The Morgan fingerprint density at radius 1 is 1.32 bits per heavy atom. The lowest BCUT2D eigenvalue weighted by molar-refractivity contribution is 0.145. The molecule has 5 nitrogen and oxygen atoms in total. The number of nitrogens with one attached hydrogen (secondary N) is 1. The summed E-state index contributed by atoms with van der Waals surface area (Å²) in [7, 11) is -3.45. The van der Waals surface area contributed by atoms with Gasteiger partial charge in [-0.2, -0.15) is 0 Å². The van der Waals surface area contributed by atoms with E-state index in [-0.39, 0.29) is 0 Å². The van der Waals surface area contributed by atoms with E-state index in [1.165, 1.54) is 0 Å². The van der Waals surface area contributed by atoms with Gasteiger partial charge >= 0.3 is 0 Å². The van der Waals surface area contributed by atoms with Crippen LogP contribution in [0.3, 0.4) is 0 Å². The van der Waals surface area contributed by atoms with Crippen molar-refractivity contribution in [3.05, 3.63) is 35.9 Å². The zero-order valence-corrected chi connectivity index (χ0v) is 12.1. The third kappa shape index (κ3) is 4.04. The molecule has 1 rings (SSSR count). The first-order valence-electron chi connectivity index (χ1n) is 6.04. The maximum absolute atomic E-state index is 12.3. The normalized spacial score (nSPS) is 12.1. The van der Waals surface area contributed by atoms with Gasteiger partial charge < -0.3 is 4.84 Å². The number of sulfonamides is 1. The molecule has 106 valence electrons. The van der Waals surface area contributed by atoms with Crippen LogP contribution in [-0.2, 0) is 19.6 Å². The number of nitrogens with zero attached hydrogens (tertiary/aromatic N) is 1. The summed E-state index contributed by atoms with van der Waals surface area (Å²) in [6.45, 7) is 7.21. The molecule has 0 aliphatic heterocycles. The Hall–Kier alpha value is -1.40. The lowest BCUT2D eigenvalue weighted by Gasteiger charge is -2.25. The third-order valence-corrected chi connectivity index (χ3v) is 5.10. The summed E-state index contributed by atoms with van der Waals surface area (Å²) in [5, 5.41) is 3.24. The van der Waals surface area contributed by atoms with E-state index in [1.807, 2.05) is 30.3 Å². The van der Waals surface area contributed by atoms with Crippen LogP contribution in [-0.4, -0.2) is 28.3 Å². The van der Waals surface area contributed by atoms with Crippen molar-refractivity contribution in [3.8, 4) is 0 Å². The standard InChI is InChI=1S/C13H20N2O3S/c1-13(2,12-8-5-4-6-9-12)19(16,17)15-10-7-11-18-14-3/h4-6,8-9,15H,3,7,10-11H2,1-2H3. The van der Waals surface area contributed by atoms with Crippen LogP contribution in [0.1, 0.15) is 25.8 Å². The molecule has 0 spiro atoms. The molecule has 19 heavy (non-hydrogen) atoms. The smallest absolute Gasteiger partial charge is 0.221 e. The van der Waals surface area contributed by atoms with Crippen molar-refractivity contribution in [1.29, 1.82) is 0 Å². The van der Waals surface area contributed by atoms with Crippen molar-refractivity contribution in [1.82, 2.24) is 4.72 Å². The van der Waals surface area contributed by atoms with Gasteiger partial charge in [-0.15, -0.1) is 5.16 Å². The summed E-state index contributed by atoms with van der Waals surface area (Å²) in [6.07, 6.45) is 0.545. The van der Waals surface area contributed by atoms with Crippen LogP contribution in [0.4, 0.5) is 0 Å². The summed E-state index contributed by atoms with van der Waals surface area (Å²) in [5.74, 6) is 0. The number of rotatable bonds is 8. The molecule has 1 aromatic rings. The predicted octanol–water partition coefficient (Wildman–Crippen LogP) is 1.86. The lowest BCUT2D eigenvalue weighted by atomic mass is 10.0. The van der Waals surface area contributed by atoms with Gasteiger partial charge in [0.1, 0.15) is 11.4 Å². The van der Waals surface area contributed by atoms with E-state index in [0.717, 1.165) is 5.56 Å². The first kappa shape index (κ1) is 15.7. The van der Waals surface area contributed by atoms with Crippen molar-refractivity contribution in [2.45, 2.75) is 25.0 Å². The quantitative estimate of drug-likeness (QED) is 0.450. The topological polar surface area (TPSA) is 67.8 Å². The Bertz CT molecular complexity index is 498. The fraction of sp³-hybridized carbons (Fsp3) is 0.462. The fourth-order valence-electron chi connectivity index (χ4n) is 1.58. The summed E-state index contributed by atoms with van der Waals surface area (Å²) < 4.78 is 26.2. The molecule has 0 bridgehead atoms. The van der Waals surface area contributed by atoms with Crippen molar-refractivity contribution in [2.24, 2.45) is 5.16 Å². The molecule has 0 fully saturated rings. The van der Waals surface area contributed by atoms with Gasteiger partial charge in [0.2, 0.25) is 10.0 Å². The summed E-state index contributed by atoms with van der Waals surface area (Å²) in [6, 6.07) is 9.14. The molecular weight excluding hydrogens is 264 g/mol. The molecule has 0 radical (unpaired) electrons. The molecule has 0 amide bonds. The molecule has 6 heteroatoms. The number of hydrogen-bond acceptors (Lipinski definition) is 4. The van der Waals surface area contributed by atoms with Gasteiger partial charge in [-0.05, 0) is 25.8 Å². The highest BCUT2D eigenvalue weighted by Gasteiger charge is 2.35. The molecule has 0 unspecified atom stereocenters. The lowest BCUT2D eigenvalue weighted by Crippen LogP contribution is -2.40. The predicted molar refractivity (Wildman–Crippen MR) is 76.5 cm³/mol. The highest BCUT2D eigenvalue weighted by Crippen LogP contribution is 2.28. The first-order valence-corrected chi connectivity index (χ1v) is 7.53. The van der Waals surface area contributed by atoms with Crippen LogP contribution in [0.2, 0.25) is 0 Å². The van der Waals surface area contributed by atoms with Crippen molar-refractivity contribution in [2.75, 3.05) is 13.2 Å². The fourth-order valence-corrected chi connectivity index (χ4v) is 2.80. The molecule has 0 atom stereocenters. The van der Waals surface area contributed by atoms with Gasteiger partial charge in [-0.25, -0.2) is 13.1 Å². The van der Waals surface area contributed by atoms with Crippen LogP contribution in [0.25, 0.3) is 0 Å². The minimum Gasteiger partial charge on any atom is -0.396 e. The van der Waals surface area contributed by atoms with Gasteiger partial charge in [0, 0.05) is 13.3 Å². The van der Waals surface area contributed by atoms with E-state index in [0.29, 0.717) is 19.6 Å². The first-order chi connectivity index (χ1) is 8.92. The van der Waals surface area contributed by atoms with Crippen molar-refractivity contribution < 1.29 is 13.3 Å². The zero-order valence-electron chi connectivity index (χ0n) is 11.3. The number of oxime groups is 1. The van der Waals surface area contributed by atoms with E-state index in [2.05, 4.69) is 16.6 Å². The average molecular weight is 284 g/mol. The molecule has 1 aromatic carbocycles. The monoisotopic (exact) mass is 284 g/mol. The highest BCUT2D eigenvalue weighted by atomic mass is 32.2. The average Bonchev–Trinajstić information content (AvgIpc) is 2.39. The van der Waals surface area contributed by atoms with E-state index in [9.17, 15) is 8.42 Å². The van der Waals surface area contributed by atoms with Crippen molar-refractivity contribution >= 4 is 16.7 Å². The van der Waals surface area contributed by atoms with Crippen LogP contribution >= 0.6 is 0 Å². The summed E-state index contributed by atoms with van der Waals surface area (Å²) >= 11 is 0. The minimum absolute atomic E-state index is 0.314. The largest absolute Gasteiger partial charge is 0.396 e. The summed E-state index contributed by atoms with van der Waals surface area (Å²) in [4.78, 5) is 4.70. The molecule has 0 heterocycles. The van der Waals surface area contributed by atoms with Gasteiger partial charge in [-0.3, -0.25) is 0 Å². The van der Waals surface area contributed by atoms with Crippen LogP contribution < -0.4 is 4.72 Å². The van der Waals surface area contributed by atoms with Crippen LogP contribution in [0.5, 0.6) is 0 Å². The SMILES string of the molecule is C=NOCCCNS(=O)(=O)C(C)(C)c1ccccc1. The van der Waals surface area contributed by atoms with Gasteiger partial charge in [0.15, 0.2) is 0 Å². The minimum atomic E-state index is -3.45. The zero-order chi connectivity index (χ0) is 14.4. The molecule has 0 aliphatic carbocycles. The van der Waals surface area contributed by atoms with Crippen LogP contribution in [0.15, 0.2) is 35.5 Å². The Kier molecular flexibility index (Phi) is 5.50. The Balaban J connectivity index is 2.68. The van der Waals surface area contributed by atoms with Gasteiger partial charge in [0.05, 0.1) is 0 Å². The Labute approximate surface area is 114 Å². The number of benzene rings is 1. The van der Waals surface area contributed by atoms with E-state index >= 15 is 0 Å². The second kappa shape index (κ2) is 6.68. The molecule has 0 saturated carbocycles. The van der Waals surface area contributed by atoms with E-state index in [4.69, 9.17) is 4.84 Å². The second-order valence-corrected chi connectivity index (χ2v) is 6.91. The molecule has 0 aliphatic rings. The van der Waals surface area contributed by atoms with E-state index in [1.54, 1.807) is 13.8 Å². The molecule has 1 N–H and O–H groups in total. The summed E-state index contributed by atoms with van der Waals surface area (Å²) in [5.41, 5.74) is 0.756.